The molecular formula is C16H24N2O2. The summed E-state index contributed by atoms with van der Waals surface area (Å²) in [5, 5.41) is 6.30. The number of rotatable bonds is 4. The second-order valence-electron chi connectivity index (χ2n) is 5.51. The molecule has 0 bridgehead atoms. The number of nitrogens with one attached hydrogen (secondary N) is 2. The Hall–Kier alpha value is -1.55. The highest BCUT2D eigenvalue weighted by Gasteiger charge is 2.20. The van der Waals surface area contributed by atoms with Gasteiger partial charge in [0.25, 0.3) is 0 Å². The van der Waals surface area contributed by atoms with E-state index in [1.807, 2.05) is 38.1 Å². The van der Waals surface area contributed by atoms with Crippen molar-refractivity contribution in [2.75, 3.05) is 11.9 Å². The number of para-hydroxylation sites is 2. The molecule has 4 nitrogen and oxygen atoms in total. The van der Waals surface area contributed by atoms with Gasteiger partial charge in [0.2, 0.25) is 5.91 Å². The van der Waals surface area contributed by atoms with Crippen molar-refractivity contribution in [2.45, 2.75) is 51.7 Å². The molecule has 1 amide bonds. The summed E-state index contributed by atoms with van der Waals surface area (Å²) >= 11 is 0. The van der Waals surface area contributed by atoms with Gasteiger partial charge in [-0.3, -0.25) is 4.79 Å². The van der Waals surface area contributed by atoms with Crippen LogP contribution in [0.2, 0.25) is 0 Å². The molecule has 1 unspecified atom stereocenters. The summed E-state index contributed by atoms with van der Waals surface area (Å²) in [5.41, 5.74) is 0.747. The molecule has 1 aliphatic heterocycles. The van der Waals surface area contributed by atoms with Crippen LogP contribution in [0.5, 0.6) is 5.75 Å². The van der Waals surface area contributed by atoms with E-state index in [1.165, 1.54) is 6.42 Å². The van der Waals surface area contributed by atoms with Crippen LogP contribution in [-0.2, 0) is 4.79 Å². The van der Waals surface area contributed by atoms with E-state index in [0.717, 1.165) is 37.2 Å². The van der Waals surface area contributed by atoms with Crippen LogP contribution in [-0.4, -0.2) is 24.6 Å². The molecule has 110 valence electrons. The van der Waals surface area contributed by atoms with Crippen LogP contribution in [0.25, 0.3) is 0 Å². The Labute approximate surface area is 120 Å². The van der Waals surface area contributed by atoms with Crippen LogP contribution >= 0.6 is 0 Å². The third-order valence-corrected chi connectivity index (χ3v) is 3.38. The maximum atomic E-state index is 12.3. The average molecular weight is 276 g/mol. The molecule has 1 heterocycles. The van der Waals surface area contributed by atoms with Gasteiger partial charge in [-0.15, -0.1) is 0 Å². The van der Waals surface area contributed by atoms with E-state index in [0.29, 0.717) is 0 Å². The number of carbonyl (C=O) groups is 1. The van der Waals surface area contributed by atoms with Gasteiger partial charge in [0, 0.05) is 0 Å². The van der Waals surface area contributed by atoms with Crippen LogP contribution in [0.4, 0.5) is 5.69 Å². The molecule has 1 aromatic carbocycles. The standard InChI is InChI=1S/C16H24N2O2/c1-12(2)20-15-10-6-5-8-13(15)18-16(19)14-9-4-3-7-11-17-14/h5-6,8,10,12,14,17H,3-4,7,9,11H2,1-2H3,(H,18,19). The first kappa shape index (κ1) is 14.9. The number of anilines is 1. The molecule has 0 aliphatic carbocycles. The third-order valence-electron chi connectivity index (χ3n) is 3.38. The van der Waals surface area contributed by atoms with Crippen molar-refractivity contribution < 1.29 is 9.53 Å². The van der Waals surface area contributed by atoms with E-state index in [4.69, 9.17) is 4.74 Å². The molecule has 1 atom stereocenters. The molecule has 1 aromatic rings. The number of benzene rings is 1. The van der Waals surface area contributed by atoms with Gasteiger partial charge in [-0.05, 0) is 45.4 Å². The Bertz CT molecular complexity index is 438. The smallest absolute Gasteiger partial charge is 0.241 e. The zero-order valence-corrected chi connectivity index (χ0v) is 12.3. The highest BCUT2D eigenvalue weighted by molar-refractivity contribution is 5.96. The van der Waals surface area contributed by atoms with Gasteiger partial charge in [0.1, 0.15) is 5.75 Å². The molecule has 4 heteroatoms. The number of carbonyl (C=O) groups excluding carboxylic acids is 1. The second-order valence-corrected chi connectivity index (χ2v) is 5.51. The van der Waals surface area contributed by atoms with Crippen molar-refractivity contribution in [1.82, 2.24) is 5.32 Å². The fraction of sp³-hybridized carbons (Fsp3) is 0.562. The van der Waals surface area contributed by atoms with Crippen LogP contribution in [0, 0.1) is 0 Å². The van der Waals surface area contributed by atoms with Gasteiger partial charge >= 0.3 is 0 Å². The number of ether oxygens (including phenoxy) is 1. The first-order valence-electron chi connectivity index (χ1n) is 7.47. The first-order valence-corrected chi connectivity index (χ1v) is 7.47. The molecule has 2 N–H and O–H groups in total. The average Bonchev–Trinajstić information content (AvgIpc) is 2.69. The lowest BCUT2D eigenvalue weighted by atomic mass is 10.1. The van der Waals surface area contributed by atoms with Gasteiger partial charge in [-0.25, -0.2) is 0 Å². The Kier molecular flexibility index (Phi) is 5.41. The normalized spacial score (nSPS) is 19.4. The predicted molar refractivity (Wildman–Crippen MR) is 81.1 cm³/mol. The molecule has 1 aliphatic rings. The van der Waals surface area contributed by atoms with E-state index in [2.05, 4.69) is 10.6 Å². The van der Waals surface area contributed by atoms with E-state index >= 15 is 0 Å². The summed E-state index contributed by atoms with van der Waals surface area (Å²) in [7, 11) is 0. The topological polar surface area (TPSA) is 50.4 Å². The van der Waals surface area contributed by atoms with E-state index < -0.39 is 0 Å². The summed E-state index contributed by atoms with van der Waals surface area (Å²) in [6.45, 7) is 4.87. The maximum Gasteiger partial charge on any atom is 0.241 e. The van der Waals surface area contributed by atoms with Crippen molar-refractivity contribution in [3.05, 3.63) is 24.3 Å². The van der Waals surface area contributed by atoms with Crippen LogP contribution < -0.4 is 15.4 Å². The lowest BCUT2D eigenvalue weighted by Gasteiger charge is -2.18. The van der Waals surface area contributed by atoms with Crippen LogP contribution in [0.15, 0.2) is 24.3 Å². The molecule has 2 rings (SSSR count). The quantitative estimate of drug-likeness (QED) is 0.889. The third kappa shape index (κ3) is 4.23. The van der Waals surface area contributed by atoms with Crippen LogP contribution in [0.3, 0.4) is 0 Å². The summed E-state index contributed by atoms with van der Waals surface area (Å²) in [6, 6.07) is 7.49. The molecule has 0 radical (unpaired) electrons. The number of hydrogen-bond acceptors (Lipinski definition) is 3. The van der Waals surface area contributed by atoms with Crippen molar-refractivity contribution in [3.63, 3.8) is 0 Å². The first-order chi connectivity index (χ1) is 9.66. The van der Waals surface area contributed by atoms with Gasteiger partial charge in [0.05, 0.1) is 17.8 Å². The Morgan fingerprint density at radius 2 is 2.10 bits per heavy atom. The molecule has 0 spiro atoms. The molecule has 0 aromatic heterocycles. The molecule has 0 saturated carbocycles. The van der Waals surface area contributed by atoms with Gasteiger partial charge in [-0.1, -0.05) is 25.0 Å². The zero-order chi connectivity index (χ0) is 14.4. The Morgan fingerprint density at radius 1 is 1.30 bits per heavy atom. The minimum atomic E-state index is -0.0930. The number of hydrogen-bond donors (Lipinski definition) is 2. The van der Waals surface area contributed by atoms with E-state index in [9.17, 15) is 4.79 Å². The van der Waals surface area contributed by atoms with Crippen molar-refractivity contribution in [1.29, 1.82) is 0 Å². The summed E-state index contributed by atoms with van der Waals surface area (Å²) in [5.74, 6) is 0.760. The fourth-order valence-corrected chi connectivity index (χ4v) is 2.40. The highest BCUT2D eigenvalue weighted by Crippen LogP contribution is 2.25. The van der Waals surface area contributed by atoms with Crippen LogP contribution in [0.1, 0.15) is 39.5 Å². The van der Waals surface area contributed by atoms with Gasteiger partial charge < -0.3 is 15.4 Å². The zero-order valence-electron chi connectivity index (χ0n) is 12.3. The summed E-state index contributed by atoms with van der Waals surface area (Å²) in [6.07, 6.45) is 4.44. The molecule has 20 heavy (non-hydrogen) atoms. The highest BCUT2D eigenvalue weighted by atomic mass is 16.5. The van der Waals surface area contributed by atoms with E-state index in [-0.39, 0.29) is 18.1 Å². The second kappa shape index (κ2) is 7.29. The summed E-state index contributed by atoms with van der Waals surface area (Å²) in [4.78, 5) is 12.3. The Morgan fingerprint density at radius 3 is 2.90 bits per heavy atom. The van der Waals surface area contributed by atoms with Crippen molar-refractivity contribution >= 4 is 11.6 Å². The minimum Gasteiger partial charge on any atom is -0.489 e. The number of amides is 1. The van der Waals surface area contributed by atoms with E-state index in [1.54, 1.807) is 0 Å². The largest absolute Gasteiger partial charge is 0.489 e. The molecular weight excluding hydrogens is 252 g/mol. The maximum absolute atomic E-state index is 12.3. The summed E-state index contributed by atoms with van der Waals surface area (Å²) < 4.78 is 5.72. The lowest BCUT2D eigenvalue weighted by molar-refractivity contribution is -0.118. The molecule has 1 saturated heterocycles. The SMILES string of the molecule is CC(C)Oc1ccccc1NC(=O)C1CCCCCN1. The minimum absolute atomic E-state index is 0.0340. The predicted octanol–water partition coefficient (Wildman–Crippen LogP) is 2.94. The Balaban J connectivity index is 2.03. The van der Waals surface area contributed by atoms with Crippen molar-refractivity contribution in [2.24, 2.45) is 0 Å². The lowest BCUT2D eigenvalue weighted by Crippen LogP contribution is -2.39. The van der Waals surface area contributed by atoms with Gasteiger partial charge in [0.15, 0.2) is 0 Å². The monoisotopic (exact) mass is 276 g/mol. The molecule has 1 fully saturated rings. The van der Waals surface area contributed by atoms with Crippen molar-refractivity contribution in [3.8, 4) is 5.75 Å². The van der Waals surface area contributed by atoms with Gasteiger partial charge in [-0.2, -0.15) is 0 Å². The fourth-order valence-electron chi connectivity index (χ4n) is 2.40.